The van der Waals surface area contributed by atoms with Gasteiger partial charge in [0.25, 0.3) is 0 Å². The highest BCUT2D eigenvalue weighted by Gasteiger charge is 2.55. The van der Waals surface area contributed by atoms with E-state index in [-0.39, 0.29) is 24.5 Å². The van der Waals surface area contributed by atoms with E-state index in [9.17, 15) is 14.4 Å². The molecule has 156 valence electrons. The Kier molecular flexibility index (Phi) is 6.50. The van der Waals surface area contributed by atoms with Crippen molar-refractivity contribution in [1.29, 1.82) is 0 Å². The van der Waals surface area contributed by atoms with Crippen molar-refractivity contribution >= 4 is 23.8 Å². The summed E-state index contributed by atoms with van der Waals surface area (Å²) >= 11 is 0. The molecule has 0 amide bonds. The molecule has 2 aromatic rings. The first kappa shape index (κ1) is 21.5. The van der Waals surface area contributed by atoms with Crippen LogP contribution in [-0.2, 0) is 25.5 Å². The fourth-order valence-corrected chi connectivity index (χ4v) is 4.34. The van der Waals surface area contributed by atoms with Crippen molar-refractivity contribution in [1.82, 2.24) is 0 Å². The highest BCUT2D eigenvalue weighted by atomic mass is 16.5. The van der Waals surface area contributed by atoms with Crippen LogP contribution in [-0.4, -0.2) is 31.9 Å². The van der Waals surface area contributed by atoms with Gasteiger partial charge in [0.05, 0.1) is 14.2 Å². The Labute approximate surface area is 176 Å². The Morgan fingerprint density at radius 2 is 1.57 bits per heavy atom. The third-order valence-electron chi connectivity index (χ3n) is 5.79. The topological polar surface area (TPSA) is 69.7 Å². The molecule has 1 fully saturated rings. The van der Waals surface area contributed by atoms with E-state index in [0.29, 0.717) is 12.0 Å². The van der Waals surface area contributed by atoms with Gasteiger partial charge in [0, 0.05) is 5.56 Å². The quantitative estimate of drug-likeness (QED) is 0.407. The van der Waals surface area contributed by atoms with Crippen LogP contribution in [0.15, 0.2) is 60.2 Å². The van der Waals surface area contributed by atoms with Gasteiger partial charge in [0.2, 0.25) is 0 Å². The Balaban J connectivity index is 2.06. The highest BCUT2D eigenvalue weighted by molar-refractivity contribution is 6.01. The molecule has 0 aliphatic heterocycles. The second-order valence-corrected chi connectivity index (χ2v) is 7.69. The summed E-state index contributed by atoms with van der Waals surface area (Å²) in [5.74, 6) is -1.29. The Morgan fingerprint density at radius 3 is 2.17 bits per heavy atom. The summed E-state index contributed by atoms with van der Waals surface area (Å²) in [7, 11) is 2.57. The number of Topliss-reactive ketones (excluding diaryl/α,β-unsaturated/α-hetero) is 1. The summed E-state index contributed by atoms with van der Waals surface area (Å²) in [5.41, 5.74) is 2.14. The van der Waals surface area contributed by atoms with E-state index in [1.165, 1.54) is 14.2 Å². The standard InChI is InChI=1S/C25H26O5/c1-17(26)22-12-8-7-11-19(22)14-21-16-25(23(27)29-2,24(28)30-3)15-20(21)13-18-9-5-4-6-10-18/h4-13,21H,14-16H2,1-3H3/b20-13+/t21-/m0/s1. The molecule has 5 nitrogen and oxygen atoms in total. The lowest BCUT2D eigenvalue weighted by Gasteiger charge is -2.23. The van der Waals surface area contributed by atoms with E-state index in [1.807, 2.05) is 54.6 Å². The number of carbonyl (C=O) groups is 3. The van der Waals surface area contributed by atoms with Crippen molar-refractivity contribution in [3.63, 3.8) is 0 Å². The molecule has 3 rings (SSSR count). The zero-order chi connectivity index (χ0) is 21.7. The molecule has 0 bridgehead atoms. The third kappa shape index (κ3) is 4.20. The average Bonchev–Trinajstić information content (AvgIpc) is 3.12. The van der Waals surface area contributed by atoms with Crippen LogP contribution in [0.3, 0.4) is 0 Å². The highest BCUT2D eigenvalue weighted by Crippen LogP contribution is 2.49. The van der Waals surface area contributed by atoms with E-state index < -0.39 is 17.4 Å². The van der Waals surface area contributed by atoms with Crippen molar-refractivity contribution in [3.8, 4) is 0 Å². The van der Waals surface area contributed by atoms with Gasteiger partial charge in [-0.1, -0.05) is 66.2 Å². The van der Waals surface area contributed by atoms with Crippen LogP contribution in [0.5, 0.6) is 0 Å². The molecule has 0 saturated heterocycles. The normalized spacial score (nSPS) is 18.8. The molecule has 0 aromatic heterocycles. The number of allylic oxidation sites excluding steroid dienone is 1. The van der Waals surface area contributed by atoms with Crippen LogP contribution in [0.2, 0.25) is 0 Å². The number of ketones is 1. The van der Waals surface area contributed by atoms with Gasteiger partial charge in [-0.25, -0.2) is 0 Å². The van der Waals surface area contributed by atoms with Gasteiger partial charge in [0.15, 0.2) is 11.2 Å². The van der Waals surface area contributed by atoms with Crippen molar-refractivity contribution in [3.05, 3.63) is 76.9 Å². The second-order valence-electron chi connectivity index (χ2n) is 7.69. The number of esters is 2. The summed E-state index contributed by atoms with van der Waals surface area (Å²) in [6, 6.07) is 17.2. The fraction of sp³-hybridized carbons (Fsp3) is 0.320. The largest absolute Gasteiger partial charge is 0.468 e. The number of hydrogen-bond donors (Lipinski definition) is 0. The number of hydrogen-bond acceptors (Lipinski definition) is 5. The van der Waals surface area contributed by atoms with Gasteiger partial charge in [0.1, 0.15) is 0 Å². The minimum atomic E-state index is -1.38. The van der Waals surface area contributed by atoms with E-state index >= 15 is 0 Å². The smallest absolute Gasteiger partial charge is 0.323 e. The minimum absolute atomic E-state index is 0.00983. The van der Waals surface area contributed by atoms with Crippen LogP contribution in [0.1, 0.15) is 41.3 Å². The molecule has 1 aliphatic rings. The molecule has 1 atom stereocenters. The maximum Gasteiger partial charge on any atom is 0.323 e. The number of methoxy groups -OCH3 is 2. The van der Waals surface area contributed by atoms with Crippen LogP contribution >= 0.6 is 0 Å². The molecule has 0 spiro atoms. The summed E-state index contributed by atoms with van der Waals surface area (Å²) in [4.78, 5) is 37.5. The monoisotopic (exact) mass is 406 g/mol. The first-order valence-electron chi connectivity index (χ1n) is 9.92. The number of benzene rings is 2. The van der Waals surface area contributed by atoms with Crippen LogP contribution in [0.25, 0.3) is 6.08 Å². The Bertz CT molecular complexity index is 958. The van der Waals surface area contributed by atoms with Crippen LogP contribution in [0, 0.1) is 11.3 Å². The van der Waals surface area contributed by atoms with Gasteiger partial charge in [-0.2, -0.15) is 0 Å². The van der Waals surface area contributed by atoms with Gasteiger partial charge in [-0.05, 0) is 43.2 Å². The van der Waals surface area contributed by atoms with Gasteiger partial charge < -0.3 is 9.47 Å². The third-order valence-corrected chi connectivity index (χ3v) is 5.79. The summed E-state index contributed by atoms with van der Waals surface area (Å²) < 4.78 is 10.00. The van der Waals surface area contributed by atoms with Crippen LogP contribution in [0.4, 0.5) is 0 Å². The maximum atomic E-state index is 12.7. The molecule has 0 N–H and O–H groups in total. The van der Waals surface area contributed by atoms with Gasteiger partial charge in [-0.15, -0.1) is 0 Å². The molecule has 1 saturated carbocycles. The van der Waals surface area contributed by atoms with E-state index in [0.717, 1.165) is 16.7 Å². The number of rotatable bonds is 6. The van der Waals surface area contributed by atoms with E-state index in [1.54, 1.807) is 13.0 Å². The second kappa shape index (κ2) is 9.08. The number of ether oxygens (including phenoxy) is 2. The summed E-state index contributed by atoms with van der Waals surface area (Å²) in [6.07, 6.45) is 3.07. The van der Waals surface area contributed by atoms with Gasteiger partial charge in [-0.3, -0.25) is 14.4 Å². The van der Waals surface area contributed by atoms with E-state index in [4.69, 9.17) is 9.47 Å². The molecule has 30 heavy (non-hydrogen) atoms. The Hall–Kier alpha value is -3.21. The van der Waals surface area contributed by atoms with Crippen molar-refractivity contribution < 1.29 is 23.9 Å². The first-order chi connectivity index (χ1) is 14.4. The zero-order valence-corrected chi connectivity index (χ0v) is 17.5. The van der Waals surface area contributed by atoms with E-state index in [2.05, 4.69) is 0 Å². The van der Waals surface area contributed by atoms with Crippen molar-refractivity contribution in [2.75, 3.05) is 14.2 Å². The average molecular weight is 406 g/mol. The molecule has 0 unspecified atom stereocenters. The predicted octanol–water partition coefficient (Wildman–Crippen LogP) is 4.26. The van der Waals surface area contributed by atoms with Gasteiger partial charge >= 0.3 is 11.9 Å². The maximum absolute atomic E-state index is 12.7. The van der Waals surface area contributed by atoms with Crippen molar-refractivity contribution in [2.45, 2.75) is 26.2 Å². The fourth-order valence-electron chi connectivity index (χ4n) is 4.34. The molecular weight excluding hydrogens is 380 g/mol. The minimum Gasteiger partial charge on any atom is -0.468 e. The lowest BCUT2D eigenvalue weighted by atomic mass is 9.84. The number of carbonyl (C=O) groups excluding carboxylic acids is 3. The SMILES string of the molecule is COC(=O)C1(C(=O)OC)C/C(=C\c2ccccc2)[C@@H](Cc2ccccc2C(C)=O)C1. The molecule has 1 aliphatic carbocycles. The molecule has 0 heterocycles. The summed E-state index contributed by atoms with van der Waals surface area (Å²) in [6.45, 7) is 1.54. The van der Waals surface area contributed by atoms with Crippen LogP contribution < -0.4 is 0 Å². The lowest BCUT2D eigenvalue weighted by molar-refractivity contribution is -0.168. The zero-order valence-electron chi connectivity index (χ0n) is 17.5. The van der Waals surface area contributed by atoms with Crippen molar-refractivity contribution in [2.24, 2.45) is 11.3 Å². The molecule has 2 aromatic carbocycles. The first-order valence-corrected chi connectivity index (χ1v) is 9.92. The molecule has 0 radical (unpaired) electrons. The lowest BCUT2D eigenvalue weighted by Crippen LogP contribution is -2.39. The molecular formula is C25H26O5. The predicted molar refractivity (Wildman–Crippen MR) is 114 cm³/mol. The molecule has 5 heteroatoms. The summed E-state index contributed by atoms with van der Waals surface area (Å²) in [5, 5.41) is 0. The Morgan fingerprint density at radius 1 is 0.967 bits per heavy atom.